The van der Waals surface area contributed by atoms with Crippen molar-refractivity contribution in [2.45, 2.75) is 6.54 Å². The van der Waals surface area contributed by atoms with Gasteiger partial charge in [-0.3, -0.25) is 0 Å². The van der Waals surface area contributed by atoms with E-state index in [4.69, 9.17) is 5.26 Å². The molecule has 0 amide bonds. The highest BCUT2D eigenvalue weighted by atomic mass is 15.1. The van der Waals surface area contributed by atoms with Crippen molar-refractivity contribution in [3.8, 4) is 17.5 Å². The first-order chi connectivity index (χ1) is 6.92. The third-order valence-electron chi connectivity index (χ3n) is 1.99. The molecule has 3 heteroatoms. The van der Waals surface area contributed by atoms with E-state index in [0.29, 0.717) is 6.54 Å². The van der Waals surface area contributed by atoms with Crippen LogP contribution in [0, 0.1) is 11.3 Å². The van der Waals surface area contributed by atoms with Crippen LogP contribution in [-0.4, -0.2) is 9.55 Å². The highest BCUT2D eigenvalue weighted by Crippen LogP contribution is 2.15. The lowest BCUT2D eigenvalue weighted by Crippen LogP contribution is -1.96. The Morgan fingerprint density at radius 1 is 1.29 bits per heavy atom. The van der Waals surface area contributed by atoms with Gasteiger partial charge in [-0.1, -0.05) is 30.3 Å². The highest BCUT2D eigenvalue weighted by molar-refractivity contribution is 5.55. The predicted molar refractivity (Wildman–Crippen MR) is 53.3 cm³/mol. The smallest absolute Gasteiger partial charge is 0.140 e. The van der Waals surface area contributed by atoms with Gasteiger partial charge in [0.2, 0.25) is 0 Å². The number of hydrogen-bond acceptors (Lipinski definition) is 2. The van der Waals surface area contributed by atoms with Crippen molar-refractivity contribution in [2.75, 3.05) is 0 Å². The lowest BCUT2D eigenvalue weighted by molar-refractivity contribution is 0.841. The van der Waals surface area contributed by atoms with Crippen molar-refractivity contribution < 1.29 is 0 Å². The molecule has 1 aromatic heterocycles. The summed E-state index contributed by atoms with van der Waals surface area (Å²) >= 11 is 0. The molecule has 0 aliphatic heterocycles. The van der Waals surface area contributed by atoms with Crippen LogP contribution in [-0.2, 0) is 6.54 Å². The molecule has 1 heterocycles. The zero-order chi connectivity index (χ0) is 9.80. The van der Waals surface area contributed by atoms with Gasteiger partial charge in [0.25, 0.3) is 0 Å². The van der Waals surface area contributed by atoms with E-state index < -0.39 is 0 Å². The lowest BCUT2D eigenvalue weighted by atomic mass is 10.2. The summed E-state index contributed by atoms with van der Waals surface area (Å²) < 4.78 is 1.83. The van der Waals surface area contributed by atoms with Gasteiger partial charge in [-0.25, -0.2) is 4.98 Å². The Morgan fingerprint density at radius 2 is 2.07 bits per heavy atom. The Bertz CT molecular complexity index is 451. The van der Waals surface area contributed by atoms with E-state index in [1.807, 2.05) is 41.1 Å². The fourth-order valence-electron chi connectivity index (χ4n) is 1.36. The van der Waals surface area contributed by atoms with Crippen LogP contribution >= 0.6 is 0 Å². The molecule has 0 aliphatic rings. The molecule has 0 spiro atoms. The molecule has 0 unspecified atom stereocenters. The molecule has 0 atom stereocenters. The topological polar surface area (TPSA) is 41.6 Å². The third kappa shape index (κ3) is 1.50. The Hall–Kier alpha value is -2.08. The summed E-state index contributed by atoms with van der Waals surface area (Å²) in [6, 6.07) is 11.9. The van der Waals surface area contributed by atoms with Crippen molar-refractivity contribution in [1.82, 2.24) is 9.55 Å². The summed E-state index contributed by atoms with van der Waals surface area (Å²) in [4.78, 5) is 4.22. The maximum atomic E-state index is 8.61. The lowest BCUT2D eigenvalue weighted by Gasteiger charge is -2.02. The zero-order valence-electron chi connectivity index (χ0n) is 7.59. The predicted octanol–water partition coefficient (Wildman–Crippen LogP) is 2.07. The van der Waals surface area contributed by atoms with Crippen LogP contribution in [0.2, 0.25) is 0 Å². The summed E-state index contributed by atoms with van der Waals surface area (Å²) in [5, 5.41) is 8.61. The van der Waals surface area contributed by atoms with E-state index >= 15 is 0 Å². The number of rotatable bonds is 2. The van der Waals surface area contributed by atoms with E-state index in [-0.39, 0.29) is 0 Å². The maximum absolute atomic E-state index is 8.61. The zero-order valence-corrected chi connectivity index (χ0v) is 7.59. The summed E-state index contributed by atoms with van der Waals surface area (Å²) in [5.41, 5.74) is 1.03. The Labute approximate surface area is 82.2 Å². The fraction of sp³-hybridized carbons (Fsp3) is 0.0909. The first-order valence-corrected chi connectivity index (χ1v) is 4.35. The first-order valence-electron chi connectivity index (χ1n) is 4.35. The largest absolute Gasteiger partial charge is 0.317 e. The average molecular weight is 183 g/mol. The van der Waals surface area contributed by atoms with E-state index in [2.05, 4.69) is 11.1 Å². The summed E-state index contributed by atoms with van der Waals surface area (Å²) in [5.74, 6) is 0.840. The van der Waals surface area contributed by atoms with Gasteiger partial charge in [0.1, 0.15) is 12.4 Å². The van der Waals surface area contributed by atoms with Crippen LogP contribution in [0.25, 0.3) is 11.4 Å². The molecule has 0 N–H and O–H groups in total. The molecule has 1 aromatic carbocycles. The molecular weight excluding hydrogens is 174 g/mol. The van der Waals surface area contributed by atoms with Crippen LogP contribution in [0.1, 0.15) is 0 Å². The molecule has 0 radical (unpaired) electrons. The molecular formula is C11H9N3. The Kier molecular flexibility index (Phi) is 2.28. The van der Waals surface area contributed by atoms with Gasteiger partial charge in [-0.15, -0.1) is 0 Å². The van der Waals surface area contributed by atoms with Crippen molar-refractivity contribution in [3.63, 3.8) is 0 Å². The Balaban J connectivity index is 2.43. The molecule has 2 rings (SSSR count). The van der Waals surface area contributed by atoms with E-state index in [9.17, 15) is 0 Å². The molecule has 0 saturated carbocycles. The minimum atomic E-state index is 0.338. The standard InChI is InChI=1S/C11H9N3/c12-6-8-14-9-7-13-11(14)10-4-2-1-3-5-10/h1-5,7,9H,8H2. The van der Waals surface area contributed by atoms with Crippen LogP contribution < -0.4 is 0 Å². The molecule has 14 heavy (non-hydrogen) atoms. The monoisotopic (exact) mass is 183 g/mol. The van der Waals surface area contributed by atoms with E-state index in [1.54, 1.807) is 6.20 Å². The number of benzene rings is 1. The number of hydrogen-bond donors (Lipinski definition) is 0. The molecule has 2 aromatic rings. The van der Waals surface area contributed by atoms with Crippen LogP contribution in [0.3, 0.4) is 0 Å². The average Bonchev–Trinajstić information content (AvgIpc) is 2.68. The van der Waals surface area contributed by atoms with E-state index in [1.165, 1.54) is 0 Å². The maximum Gasteiger partial charge on any atom is 0.140 e. The summed E-state index contributed by atoms with van der Waals surface area (Å²) in [6.07, 6.45) is 3.52. The van der Waals surface area contributed by atoms with Crippen LogP contribution in [0.4, 0.5) is 0 Å². The van der Waals surface area contributed by atoms with Gasteiger partial charge in [0.05, 0.1) is 6.07 Å². The van der Waals surface area contributed by atoms with Gasteiger partial charge < -0.3 is 4.57 Å². The van der Waals surface area contributed by atoms with E-state index in [0.717, 1.165) is 11.4 Å². The quantitative estimate of drug-likeness (QED) is 0.715. The number of imidazole rings is 1. The van der Waals surface area contributed by atoms with Crippen LogP contribution in [0.15, 0.2) is 42.7 Å². The van der Waals surface area contributed by atoms with Gasteiger partial charge >= 0.3 is 0 Å². The normalized spacial score (nSPS) is 9.64. The van der Waals surface area contributed by atoms with Gasteiger partial charge in [-0.05, 0) is 0 Å². The van der Waals surface area contributed by atoms with Crippen LogP contribution in [0.5, 0.6) is 0 Å². The molecule has 3 nitrogen and oxygen atoms in total. The third-order valence-corrected chi connectivity index (χ3v) is 1.99. The van der Waals surface area contributed by atoms with Crippen molar-refractivity contribution >= 4 is 0 Å². The van der Waals surface area contributed by atoms with Crippen molar-refractivity contribution in [1.29, 1.82) is 5.26 Å². The molecule has 0 fully saturated rings. The second-order valence-electron chi connectivity index (χ2n) is 2.90. The minimum absolute atomic E-state index is 0.338. The van der Waals surface area contributed by atoms with Gasteiger partial charge in [0.15, 0.2) is 0 Å². The van der Waals surface area contributed by atoms with Gasteiger partial charge in [0, 0.05) is 18.0 Å². The Morgan fingerprint density at radius 3 is 2.79 bits per heavy atom. The molecule has 0 aliphatic carbocycles. The minimum Gasteiger partial charge on any atom is -0.317 e. The number of aromatic nitrogens is 2. The second-order valence-corrected chi connectivity index (χ2v) is 2.90. The molecule has 0 saturated heterocycles. The highest BCUT2D eigenvalue weighted by Gasteiger charge is 2.03. The van der Waals surface area contributed by atoms with Crippen molar-refractivity contribution in [2.24, 2.45) is 0 Å². The SMILES string of the molecule is N#CCn1ccnc1-c1ccccc1. The number of nitriles is 1. The fourth-order valence-corrected chi connectivity index (χ4v) is 1.36. The summed E-state index contributed by atoms with van der Waals surface area (Å²) in [6.45, 7) is 0.338. The summed E-state index contributed by atoms with van der Waals surface area (Å²) in [7, 11) is 0. The molecule has 0 bridgehead atoms. The van der Waals surface area contributed by atoms with Crippen molar-refractivity contribution in [3.05, 3.63) is 42.7 Å². The first kappa shape index (κ1) is 8.52. The van der Waals surface area contributed by atoms with Gasteiger partial charge in [-0.2, -0.15) is 5.26 Å². The number of nitrogens with zero attached hydrogens (tertiary/aromatic N) is 3. The molecule has 68 valence electrons. The second kappa shape index (κ2) is 3.75.